The van der Waals surface area contributed by atoms with Crippen LogP contribution in [-0.4, -0.2) is 47.4 Å². The number of halogens is 1. The molecule has 0 spiro atoms. The van der Waals surface area contributed by atoms with Gasteiger partial charge in [0.1, 0.15) is 0 Å². The molecule has 8 heteroatoms. The molecular formula is C29H30ClN3O3S. The predicted octanol–water partition coefficient (Wildman–Crippen LogP) is 6.58. The fourth-order valence-electron chi connectivity index (χ4n) is 4.21. The highest BCUT2D eigenvalue weighted by Crippen LogP contribution is 2.33. The monoisotopic (exact) mass is 535 g/mol. The van der Waals surface area contributed by atoms with Crippen molar-refractivity contribution in [2.75, 3.05) is 27.0 Å². The molecule has 3 aromatic carbocycles. The molecule has 1 heterocycles. The molecule has 192 valence electrons. The number of aromatic nitrogens is 2. The van der Waals surface area contributed by atoms with Crippen molar-refractivity contribution < 1.29 is 14.3 Å². The number of methoxy groups -OCH3 is 2. The van der Waals surface area contributed by atoms with Crippen molar-refractivity contribution >= 4 is 29.3 Å². The standard InChI is InChI=1S/C29H30ClN3O3S/c1-19-7-6-8-20(2)28(19)33-24(22-10-12-23(30)13-11-22)16-31-29(33)37-18-27(34)32(3)17-21-9-14-25(35-4)26(15-21)36-5/h6-16H,17-18H2,1-5H3. The van der Waals surface area contributed by atoms with Crippen molar-refractivity contribution in [2.24, 2.45) is 0 Å². The van der Waals surface area contributed by atoms with Gasteiger partial charge in [-0.15, -0.1) is 0 Å². The number of carbonyl (C=O) groups is 1. The number of amides is 1. The molecule has 0 N–H and O–H groups in total. The number of aryl methyl sites for hydroxylation is 2. The number of benzene rings is 3. The lowest BCUT2D eigenvalue weighted by molar-refractivity contribution is -0.127. The second kappa shape index (κ2) is 11.8. The molecule has 0 radical (unpaired) electrons. The number of rotatable bonds is 9. The molecule has 6 nitrogen and oxygen atoms in total. The van der Waals surface area contributed by atoms with Gasteiger partial charge in [0, 0.05) is 24.2 Å². The molecule has 4 aromatic rings. The van der Waals surface area contributed by atoms with E-state index >= 15 is 0 Å². The largest absolute Gasteiger partial charge is 0.493 e. The third-order valence-corrected chi connectivity index (χ3v) is 7.34. The van der Waals surface area contributed by atoms with Crippen LogP contribution in [0, 0.1) is 13.8 Å². The molecule has 0 bridgehead atoms. The molecule has 0 saturated carbocycles. The van der Waals surface area contributed by atoms with E-state index in [9.17, 15) is 4.79 Å². The van der Waals surface area contributed by atoms with E-state index in [0.29, 0.717) is 23.1 Å². The number of imidazole rings is 1. The summed E-state index contributed by atoms with van der Waals surface area (Å²) in [4.78, 5) is 19.5. The second-order valence-corrected chi connectivity index (χ2v) is 10.1. The van der Waals surface area contributed by atoms with Gasteiger partial charge in [-0.2, -0.15) is 0 Å². The molecule has 0 aliphatic carbocycles. The van der Waals surface area contributed by atoms with Gasteiger partial charge in [-0.05, 0) is 54.8 Å². The number of hydrogen-bond donors (Lipinski definition) is 0. The summed E-state index contributed by atoms with van der Waals surface area (Å²) in [5.41, 5.74) is 6.24. The average Bonchev–Trinajstić information content (AvgIpc) is 3.30. The van der Waals surface area contributed by atoms with Gasteiger partial charge >= 0.3 is 0 Å². The van der Waals surface area contributed by atoms with Crippen molar-refractivity contribution in [1.29, 1.82) is 0 Å². The van der Waals surface area contributed by atoms with E-state index in [2.05, 4.69) is 30.5 Å². The van der Waals surface area contributed by atoms with Crippen molar-refractivity contribution in [3.8, 4) is 28.4 Å². The third-order valence-electron chi connectivity index (χ3n) is 6.15. The topological polar surface area (TPSA) is 56.6 Å². The fraction of sp³-hybridized carbons (Fsp3) is 0.241. The van der Waals surface area contributed by atoms with Crippen LogP contribution in [0.3, 0.4) is 0 Å². The van der Waals surface area contributed by atoms with Crippen LogP contribution in [0.15, 0.2) is 72.0 Å². The van der Waals surface area contributed by atoms with Gasteiger partial charge in [0.05, 0.1) is 37.6 Å². The first-order valence-electron chi connectivity index (χ1n) is 11.8. The zero-order valence-electron chi connectivity index (χ0n) is 21.6. The van der Waals surface area contributed by atoms with Crippen LogP contribution >= 0.6 is 23.4 Å². The summed E-state index contributed by atoms with van der Waals surface area (Å²) in [6, 6.07) is 19.6. The molecule has 1 amide bonds. The Kier molecular flexibility index (Phi) is 8.46. The molecule has 0 aliphatic heterocycles. The summed E-state index contributed by atoms with van der Waals surface area (Å²) in [7, 11) is 5.01. The van der Waals surface area contributed by atoms with E-state index in [4.69, 9.17) is 26.1 Å². The molecule has 0 saturated heterocycles. The number of thioether (sulfide) groups is 1. The normalized spacial score (nSPS) is 10.9. The summed E-state index contributed by atoms with van der Waals surface area (Å²) in [5, 5.41) is 1.44. The molecular weight excluding hydrogens is 506 g/mol. The van der Waals surface area contributed by atoms with Gasteiger partial charge in [-0.25, -0.2) is 4.98 Å². The highest BCUT2D eigenvalue weighted by molar-refractivity contribution is 7.99. The summed E-state index contributed by atoms with van der Waals surface area (Å²) >= 11 is 7.56. The quantitative estimate of drug-likeness (QED) is 0.227. The van der Waals surface area contributed by atoms with Crippen LogP contribution in [0.5, 0.6) is 11.5 Å². The Morgan fingerprint density at radius 3 is 2.32 bits per heavy atom. The van der Waals surface area contributed by atoms with E-state index in [1.54, 1.807) is 26.2 Å². The van der Waals surface area contributed by atoms with E-state index in [1.165, 1.54) is 11.8 Å². The van der Waals surface area contributed by atoms with Crippen molar-refractivity contribution in [3.05, 3.63) is 88.6 Å². The van der Waals surface area contributed by atoms with Crippen LogP contribution in [0.25, 0.3) is 16.9 Å². The number of para-hydroxylation sites is 1. The summed E-state index contributed by atoms with van der Waals surface area (Å²) < 4.78 is 12.8. The predicted molar refractivity (Wildman–Crippen MR) is 150 cm³/mol. The minimum Gasteiger partial charge on any atom is -0.493 e. The van der Waals surface area contributed by atoms with Gasteiger partial charge in [0.25, 0.3) is 0 Å². The van der Waals surface area contributed by atoms with Gasteiger partial charge < -0.3 is 14.4 Å². The van der Waals surface area contributed by atoms with Crippen LogP contribution in [-0.2, 0) is 11.3 Å². The maximum Gasteiger partial charge on any atom is 0.233 e. The Balaban J connectivity index is 1.58. The van der Waals surface area contributed by atoms with Crippen molar-refractivity contribution in [1.82, 2.24) is 14.5 Å². The molecule has 37 heavy (non-hydrogen) atoms. The molecule has 0 atom stereocenters. The van der Waals surface area contributed by atoms with Crippen LogP contribution in [0.4, 0.5) is 0 Å². The van der Waals surface area contributed by atoms with Gasteiger partial charge in [0.15, 0.2) is 16.7 Å². The lowest BCUT2D eigenvalue weighted by atomic mass is 10.1. The third kappa shape index (κ3) is 5.95. The van der Waals surface area contributed by atoms with E-state index in [1.807, 2.05) is 54.7 Å². The van der Waals surface area contributed by atoms with Crippen molar-refractivity contribution in [2.45, 2.75) is 25.5 Å². The zero-order valence-corrected chi connectivity index (χ0v) is 23.2. The van der Waals surface area contributed by atoms with E-state index in [0.717, 1.165) is 38.8 Å². The summed E-state index contributed by atoms with van der Waals surface area (Å²) in [6.45, 7) is 4.63. The second-order valence-electron chi connectivity index (χ2n) is 8.74. The van der Waals surface area contributed by atoms with E-state index < -0.39 is 0 Å². The molecule has 4 rings (SSSR count). The smallest absolute Gasteiger partial charge is 0.233 e. The maximum absolute atomic E-state index is 13.1. The minimum absolute atomic E-state index is 0.00360. The molecule has 1 aromatic heterocycles. The van der Waals surface area contributed by atoms with Crippen LogP contribution in [0.1, 0.15) is 16.7 Å². The minimum atomic E-state index is 0.00360. The fourth-order valence-corrected chi connectivity index (χ4v) is 5.26. The number of ether oxygens (including phenoxy) is 2. The number of nitrogens with zero attached hydrogens (tertiary/aromatic N) is 3. The first kappa shape index (κ1) is 26.6. The first-order chi connectivity index (χ1) is 17.8. The van der Waals surface area contributed by atoms with Crippen LogP contribution in [0.2, 0.25) is 5.02 Å². The first-order valence-corrected chi connectivity index (χ1v) is 13.2. The summed E-state index contributed by atoms with van der Waals surface area (Å²) in [6.07, 6.45) is 1.86. The van der Waals surface area contributed by atoms with Crippen LogP contribution < -0.4 is 9.47 Å². The SMILES string of the molecule is COc1ccc(CN(C)C(=O)CSc2ncc(-c3ccc(Cl)cc3)n2-c2c(C)cccc2C)cc1OC. The average molecular weight is 536 g/mol. The van der Waals surface area contributed by atoms with Gasteiger partial charge in [0.2, 0.25) is 5.91 Å². The molecule has 0 aliphatic rings. The number of carbonyl (C=O) groups excluding carboxylic acids is 1. The van der Waals surface area contributed by atoms with E-state index in [-0.39, 0.29) is 11.7 Å². The summed E-state index contributed by atoms with van der Waals surface area (Å²) in [5.74, 6) is 1.56. The maximum atomic E-state index is 13.1. The lowest BCUT2D eigenvalue weighted by Crippen LogP contribution is -2.28. The Hall–Kier alpha value is -3.42. The molecule has 0 fully saturated rings. The van der Waals surface area contributed by atoms with Crippen molar-refractivity contribution in [3.63, 3.8) is 0 Å². The Morgan fingerprint density at radius 2 is 1.68 bits per heavy atom. The zero-order chi connectivity index (χ0) is 26.5. The lowest BCUT2D eigenvalue weighted by Gasteiger charge is -2.19. The molecule has 0 unspecified atom stereocenters. The Labute approximate surface area is 227 Å². The Morgan fingerprint density at radius 1 is 1.00 bits per heavy atom. The highest BCUT2D eigenvalue weighted by atomic mass is 35.5. The number of hydrogen-bond acceptors (Lipinski definition) is 5. The Bertz CT molecular complexity index is 1380. The van der Waals surface area contributed by atoms with Gasteiger partial charge in [-0.3, -0.25) is 9.36 Å². The van der Waals surface area contributed by atoms with Gasteiger partial charge in [-0.1, -0.05) is 59.8 Å². The highest BCUT2D eigenvalue weighted by Gasteiger charge is 2.19.